The molecule has 0 radical (unpaired) electrons. The highest BCUT2D eigenvalue weighted by Crippen LogP contribution is 2.42. The van der Waals surface area contributed by atoms with Crippen molar-refractivity contribution in [2.75, 3.05) is 14.7 Å². The van der Waals surface area contributed by atoms with Gasteiger partial charge in [0.15, 0.2) is 10.9 Å². The molecule has 0 bridgehead atoms. The van der Waals surface area contributed by atoms with Gasteiger partial charge in [-0.1, -0.05) is 109 Å². The first-order valence-corrected chi connectivity index (χ1v) is 20.7. The van der Waals surface area contributed by atoms with Crippen LogP contribution in [0.2, 0.25) is 0 Å². The standard InChI is InChI=1S/C56H38N4O2/c61-55-48-33-31-45(57(39-19-7-1-8-20-39)40-21-9-2-10-22-40)37-52(48)60-53-38-46(58(41-23-11-3-12-24-41)42-25-13-4-14-26-42)32-34-49(53)56(62)51-36-47(35-50(55)54(51)60)59(43-27-15-5-16-28-43)44-29-17-6-18-30-44/h1-38H. The maximum atomic E-state index is 15.2. The van der Waals surface area contributed by atoms with Crippen molar-refractivity contribution in [3.8, 4) is 0 Å². The summed E-state index contributed by atoms with van der Waals surface area (Å²) in [5.74, 6) is 0. The van der Waals surface area contributed by atoms with Gasteiger partial charge in [0.1, 0.15) is 0 Å². The molecule has 2 aromatic heterocycles. The molecule has 0 aliphatic carbocycles. The zero-order valence-electron chi connectivity index (χ0n) is 33.5. The average Bonchev–Trinajstić information content (AvgIpc) is 3.33. The minimum absolute atomic E-state index is 0.143. The van der Waals surface area contributed by atoms with Crippen LogP contribution in [0.4, 0.5) is 51.2 Å². The lowest BCUT2D eigenvalue weighted by atomic mass is 10.0. The summed E-state index contributed by atoms with van der Waals surface area (Å²) in [6.45, 7) is 0. The summed E-state index contributed by atoms with van der Waals surface area (Å²) in [5.41, 5.74) is 9.89. The number of para-hydroxylation sites is 6. The number of anilines is 9. The van der Waals surface area contributed by atoms with Crippen LogP contribution in [-0.2, 0) is 0 Å². The Hall–Kier alpha value is -8.48. The molecule has 0 saturated heterocycles. The number of hydrogen-bond acceptors (Lipinski definition) is 5. The van der Waals surface area contributed by atoms with Crippen molar-refractivity contribution in [3.63, 3.8) is 0 Å². The van der Waals surface area contributed by atoms with Gasteiger partial charge >= 0.3 is 0 Å². The molecule has 0 unspecified atom stereocenters. The second kappa shape index (κ2) is 15.3. The van der Waals surface area contributed by atoms with Crippen molar-refractivity contribution in [3.05, 3.63) is 251 Å². The Balaban J connectivity index is 1.26. The monoisotopic (exact) mass is 798 g/mol. The van der Waals surface area contributed by atoms with E-state index >= 15 is 9.59 Å². The lowest BCUT2D eigenvalue weighted by Crippen LogP contribution is -2.18. The molecule has 11 rings (SSSR count). The number of benzene rings is 9. The van der Waals surface area contributed by atoms with Crippen LogP contribution in [0, 0.1) is 0 Å². The predicted octanol–water partition coefficient (Wildman–Crippen LogP) is 14.0. The maximum absolute atomic E-state index is 15.2. The molecule has 11 aromatic rings. The smallest absolute Gasteiger partial charge is 0.197 e. The lowest BCUT2D eigenvalue weighted by Gasteiger charge is -2.28. The van der Waals surface area contributed by atoms with Crippen LogP contribution in [0.1, 0.15) is 0 Å². The zero-order valence-corrected chi connectivity index (χ0v) is 33.5. The van der Waals surface area contributed by atoms with Crippen molar-refractivity contribution < 1.29 is 0 Å². The molecule has 2 heterocycles. The molecule has 9 aromatic carbocycles. The van der Waals surface area contributed by atoms with Crippen LogP contribution in [0.25, 0.3) is 38.1 Å². The fraction of sp³-hybridized carbons (Fsp3) is 0. The highest BCUT2D eigenvalue weighted by atomic mass is 16.1. The third-order valence-corrected chi connectivity index (χ3v) is 11.6. The summed E-state index contributed by atoms with van der Waals surface area (Å²) in [6.07, 6.45) is 0. The van der Waals surface area contributed by atoms with Gasteiger partial charge in [-0.2, -0.15) is 0 Å². The number of hydrogen-bond donors (Lipinski definition) is 0. The Labute approximate surface area is 358 Å². The predicted molar refractivity (Wildman–Crippen MR) is 258 cm³/mol. The average molecular weight is 799 g/mol. The summed E-state index contributed by atoms with van der Waals surface area (Å²) >= 11 is 0. The van der Waals surface area contributed by atoms with Gasteiger partial charge < -0.3 is 19.1 Å². The van der Waals surface area contributed by atoms with Gasteiger partial charge in [-0.15, -0.1) is 0 Å². The molecular weight excluding hydrogens is 761 g/mol. The molecule has 294 valence electrons. The van der Waals surface area contributed by atoms with Crippen molar-refractivity contribution in [1.29, 1.82) is 0 Å². The van der Waals surface area contributed by atoms with Crippen LogP contribution in [0.15, 0.2) is 240 Å². The molecule has 6 nitrogen and oxygen atoms in total. The minimum Gasteiger partial charge on any atom is -0.310 e. The quantitative estimate of drug-likeness (QED) is 0.108. The Morgan fingerprint density at radius 2 is 0.532 bits per heavy atom. The van der Waals surface area contributed by atoms with Crippen molar-refractivity contribution in [2.24, 2.45) is 0 Å². The molecule has 0 aliphatic rings. The second-order valence-electron chi connectivity index (χ2n) is 15.3. The van der Waals surface area contributed by atoms with E-state index in [4.69, 9.17) is 0 Å². The fourth-order valence-electron chi connectivity index (χ4n) is 8.87. The fourth-order valence-corrected chi connectivity index (χ4v) is 8.87. The summed E-state index contributed by atoms with van der Waals surface area (Å²) in [6, 6.07) is 77.0. The summed E-state index contributed by atoms with van der Waals surface area (Å²) < 4.78 is 2.15. The molecule has 0 atom stereocenters. The third-order valence-electron chi connectivity index (χ3n) is 11.6. The van der Waals surface area contributed by atoms with E-state index in [1.165, 1.54) is 0 Å². The van der Waals surface area contributed by atoms with Gasteiger partial charge in [0.05, 0.1) is 16.6 Å². The van der Waals surface area contributed by atoms with Gasteiger partial charge in [-0.05, 0) is 121 Å². The van der Waals surface area contributed by atoms with Crippen LogP contribution >= 0.6 is 0 Å². The van der Waals surface area contributed by atoms with E-state index in [0.717, 1.165) is 51.2 Å². The summed E-state index contributed by atoms with van der Waals surface area (Å²) in [7, 11) is 0. The summed E-state index contributed by atoms with van der Waals surface area (Å²) in [4.78, 5) is 36.9. The van der Waals surface area contributed by atoms with E-state index < -0.39 is 0 Å². The SMILES string of the molecule is O=c1c2ccc(N(c3ccccc3)c3ccccc3)cc2n2c3cc(N(c4ccccc4)c4ccccc4)ccc3c(=O)c3cc(N(c4ccccc4)c4ccccc4)cc1c32. The maximum Gasteiger partial charge on any atom is 0.197 e. The minimum atomic E-state index is -0.143. The van der Waals surface area contributed by atoms with E-state index in [9.17, 15) is 0 Å². The van der Waals surface area contributed by atoms with Crippen LogP contribution < -0.4 is 25.6 Å². The molecular formula is C56H38N4O2. The lowest BCUT2D eigenvalue weighted by molar-refractivity contribution is 1.25. The molecule has 62 heavy (non-hydrogen) atoms. The molecule has 0 fully saturated rings. The Bertz CT molecular complexity index is 3190. The molecule has 0 aliphatic heterocycles. The zero-order chi connectivity index (χ0) is 41.6. The first-order chi connectivity index (χ1) is 30.6. The second-order valence-corrected chi connectivity index (χ2v) is 15.3. The Morgan fingerprint density at radius 1 is 0.258 bits per heavy atom. The van der Waals surface area contributed by atoms with Crippen LogP contribution in [-0.4, -0.2) is 4.40 Å². The van der Waals surface area contributed by atoms with E-state index in [1.807, 2.05) is 170 Å². The van der Waals surface area contributed by atoms with Gasteiger partial charge in [0, 0.05) is 72.7 Å². The molecule has 0 amide bonds. The van der Waals surface area contributed by atoms with E-state index in [-0.39, 0.29) is 10.9 Å². The van der Waals surface area contributed by atoms with E-state index in [2.05, 4.69) is 79.8 Å². The number of aromatic nitrogens is 1. The number of fused-ring (bicyclic) bond motifs is 4. The topological polar surface area (TPSA) is 48.3 Å². The normalized spacial score (nSPS) is 11.4. The first kappa shape index (κ1) is 36.6. The van der Waals surface area contributed by atoms with Gasteiger partial charge in [-0.25, -0.2) is 0 Å². The molecule has 0 saturated carbocycles. The number of rotatable bonds is 9. The Kier molecular flexibility index (Phi) is 9.02. The van der Waals surface area contributed by atoms with Crippen molar-refractivity contribution in [1.82, 2.24) is 4.40 Å². The van der Waals surface area contributed by atoms with Crippen LogP contribution in [0.5, 0.6) is 0 Å². The third kappa shape index (κ3) is 6.21. The first-order valence-electron chi connectivity index (χ1n) is 20.7. The molecule has 0 N–H and O–H groups in total. The highest BCUT2D eigenvalue weighted by molar-refractivity contribution is 6.11. The van der Waals surface area contributed by atoms with Crippen molar-refractivity contribution in [2.45, 2.75) is 0 Å². The largest absolute Gasteiger partial charge is 0.310 e. The van der Waals surface area contributed by atoms with E-state index in [0.29, 0.717) is 38.1 Å². The van der Waals surface area contributed by atoms with Crippen molar-refractivity contribution >= 4 is 89.3 Å². The number of pyridine rings is 2. The van der Waals surface area contributed by atoms with Gasteiger partial charge in [0.2, 0.25) is 0 Å². The summed E-state index contributed by atoms with van der Waals surface area (Å²) in [5, 5.41) is 2.02. The highest BCUT2D eigenvalue weighted by Gasteiger charge is 2.24. The van der Waals surface area contributed by atoms with E-state index in [1.54, 1.807) is 0 Å². The molecule has 6 heteroatoms. The molecule has 0 spiro atoms. The number of nitrogens with zero attached hydrogens (tertiary/aromatic N) is 4. The Morgan fingerprint density at radius 3 is 0.823 bits per heavy atom. The van der Waals surface area contributed by atoms with Crippen LogP contribution in [0.3, 0.4) is 0 Å². The van der Waals surface area contributed by atoms with Gasteiger partial charge in [-0.3, -0.25) is 9.59 Å². The van der Waals surface area contributed by atoms with Gasteiger partial charge in [0.25, 0.3) is 0 Å².